The lowest BCUT2D eigenvalue weighted by Crippen LogP contribution is -2.48. The van der Waals surface area contributed by atoms with Crippen LogP contribution in [0.25, 0.3) is 0 Å². The van der Waals surface area contributed by atoms with E-state index in [1.54, 1.807) is 6.08 Å². The van der Waals surface area contributed by atoms with Crippen molar-refractivity contribution in [3.8, 4) is 11.5 Å². The van der Waals surface area contributed by atoms with E-state index in [0.29, 0.717) is 25.7 Å². The second-order valence-electron chi connectivity index (χ2n) is 10.2. The summed E-state index contributed by atoms with van der Waals surface area (Å²) >= 11 is 0. The Bertz CT molecular complexity index is 1070. The van der Waals surface area contributed by atoms with Crippen LogP contribution in [0.5, 0.6) is 11.5 Å². The van der Waals surface area contributed by atoms with Gasteiger partial charge in [0.05, 0.1) is 19.3 Å². The van der Waals surface area contributed by atoms with Crippen molar-refractivity contribution in [1.29, 1.82) is 0 Å². The van der Waals surface area contributed by atoms with Crippen LogP contribution in [0.2, 0.25) is 0 Å². The summed E-state index contributed by atoms with van der Waals surface area (Å²) in [6, 6.07) is 2.36. The van der Waals surface area contributed by atoms with Gasteiger partial charge in [-0.15, -0.1) is 0 Å². The second-order valence-corrected chi connectivity index (χ2v) is 10.2. The first-order chi connectivity index (χ1) is 16.0. The van der Waals surface area contributed by atoms with Gasteiger partial charge in [-0.2, -0.15) is 0 Å². The topological polar surface area (TPSA) is 153 Å². The fourth-order valence-corrected chi connectivity index (χ4v) is 6.56. The van der Waals surface area contributed by atoms with E-state index in [9.17, 15) is 34.8 Å². The van der Waals surface area contributed by atoms with Crippen LogP contribution in [-0.2, 0) is 14.3 Å². The third-order valence-electron chi connectivity index (χ3n) is 8.39. The number of phenols is 2. The highest BCUT2D eigenvalue weighted by Crippen LogP contribution is 2.65. The van der Waals surface area contributed by atoms with Crippen molar-refractivity contribution < 1.29 is 39.5 Å². The van der Waals surface area contributed by atoms with Gasteiger partial charge in [0.2, 0.25) is 5.91 Å². The zero-order valence-corrected chi connectivity index (χ0v) is 19.3. The Morgan fingerprint density at radius 1 is 1.24 bits per heavy atom. The number of fused-ring (bicyclic) bond motifs is 1. The molecule has 9 nitrogen and oxygen atoms in total. The Morgan fingerprint density at radius 3 is 2.65 bits per heavy atom. The Labute approximate surface area is 197 Å². The lowest BCUT2D eigenvalue weighted by molar-refractivity contribution is -0.133. The maximum Gasteiger partial charge on any atom is 0.341 e. The molecule has 5 atom stereocenters. The maximum atomic E-state index is 13.0. The van der Waals surface area contributed by atoms with Crippen molar-refractivity contribution in [3.05, 3.63) is 29.8 Å². The first kappa shape index (κ1) is 24.2. The fourth-order valence-electron chi connectivity index (χ4n) is 6.56. The lowest BCUT2D eigenvalue weighted by Gasteiger charge is -2.50. The number of carbonyl (C=O) groups is 3. The molecule has 0 radical (unpaired) electrons. The highest BCUT2D eigenvalue weighted by atomic mass is 16.5. The van der Waals surface area contributed by atoms with Gasteiger partial charge in [-0.3, -0.25) is 9.59 Å². The average Bonchev–Trinajstić information content (AvgIpc) is 3.03. The summed E-state index contributed by atoms with van der Waals surface area (Å²) in [5, 5.41) is 43.6. The zero-order chi connectivity index (χ0) is 24.9. The summed E-state index contributed by atoms with van der Waals surface area (Å²) in [4.78, 5) is 37.6. The number of allylic oxidation sites excluding steroid dienone is 2. The van der Waals surface area contributed by atoms with Crippen molar-refractivity contribution >= 4 is 23.3 Å². The lowest BCUT2D eigenvalue weighted by atomic mass is 9.52. The number of esters is 1. The van der Waals surface area contributed by atoms with Crippen molar-refractivity contribution in [2.45, 2.75) is 51.0 Å². The van der Waals surface area contributed by atoms with E-state index in [0.717, 1.165) is 7.11 Å². The number of amides is 1. The number of hydrogen-bond donors (Lipinski definition) is 5. The number of aliphatic hydroxyl groups is 2. The molecule has 2 fully saturated rings. The predicted molar refractivity (Wildman–Crippen MR) is 121 cm³/mol. The molecule has 9 heteroatoms. The third-order valence-corrected chi connectivity index (χ3v) is 8.39. The molecule has 0 aromatic heterocycles. The van der Waals surface area contributed by atoms with Crippen molar-refractivity contribution in [2.75, 3.05) is 19.0 Å². The SMILES string of the molecule is COC(=O)c1ccc(O)c(NC(=O)CC[C@]2(C)C(=O)C=C[C@@]34CC(CCC32)[C@](O)(CO)C4)c1O. The smallest absolute Gasteiger partial charge is 0.341 e. The van der Waals surface area contributed by atoms with Gasteiger partial charge in [0.25, 0.3) is 0 Å². The van der Waals surface area contributed by atoms with Gasteiger partial charge in [0, 0.05) is 11.8 Å². The van der Waals surface area contributed by atoms with E-state index in [1.165, 1.54) is 12.1 Å². The quantitative estimate of drug-likeness (QED) is 0.312. The number of hydrogen-bond acceptors (Lipinski definition) is 8. The molecule has 1 aromatic rings. The number of anilines is 1. The summed E-state index contributed by atoms with van der Waals surface area (Å²) in [7, 11) is 1.15. The Hall–Kier alpha value is -2.91. The molecule has 1 spiro atoms. The largest absolute Gasteiger partial charge is 0.506 e. The van der Waals surface area contributed by atoms with E-state index < -0.39 is 39.8 Å². The molecular weight excluding hydrogens is 442 g/mol. The van der Waals surface area contributed by atoms with E-state index in [1.807, 2.05) is 13.0 Å². The summed E-state index contributed by atoms with van der Waals surface area (Å²) < 4.78 is 4.59. The molecule has 2 bridgehead atoms. The number of ketones is 1. The summed E-state index contributed by atoms with van der Waals surface area (Å²) in [6.45, 7) is 1.53. The minimum Gasteiger partial charge on any atom is -0.506 e. The Morgan fingerprint density at radius 2 is 1.97 bits per heavy atom. The normalized spacial score (nSPS) is 33.9. The molecule has 34 heavy (non-hydrogen) atoms. The van der Waals surface area contributed by atoms with Crippen LogP contribution in [0.15, 0.2) is 24.3 Å². The van der Waals surface area contributed by atoms with Crippen molar-refractivity contribution in [1.82, 2.24) is 0 Å². The van der Waals surface area contributed by atoms with Gasteiger partial charge in [0.15, 0.2) is 11.5 Å². The van der Waals surface area contributed by atoms with Gasteiger partial charge >= 0.3 is 5.97 Å². The number of aliphatic hydroxyl groups excluding tert-OH is 1. The molecule has 0 saturated heterocycles. The molecule has 1 aromatic carbocycles. The Kier molecular flexibility index (Phi) is 5.98. The van der Waals surface area contributed by atoms with E-state index in [4.69, 9.17) is 0 Å². The fraction of sp³-hybridized carbons (Fsp3) is 0.560. The van der Waals surface area contributed by atoms with Crippen LogP contribution in [0.4, 0.5) is 5.69 Å². The van der Waals surface area contributed by atoms with Gasteiger partial charge in [-0.25, -0.2) is 4.79 Å². The molecule has 0 aliphatic heterocycles. The summed E-state index contributed by atoms with van der Waals surface area (Å²) in [5.41, 5.74) is -2.89. The zero-order valence-electron chi connectivity index (χ0n) is 19.3. The number of phenolic OH excluding ortho intramolecular Hbond substituents is 2. The van der Waals surface area contributed by atoms with Gasteiger partial charge in [-0.1, -0.05) is 13.0 Å². The molecule has 184 valence electrons. The minimum atomic E-state index is -1.16. The minimum absolute atomic E-state index is 0.0211. The van der Waals surface area contributed by atoms with Gasteiger partial charge in [0.1, 0.15) is 17.0 Å². The second kappa shape index (κ2) is 8.39. The third kappa shape index (κ3) is 3.67. The molecule has 0 heterocycles. The molecule has 2 unspecified atom stereocenters. The number of nitrogens with one attached hydrogen (secondary N) is 1. The first-order valence-electron chi connectivity index (χ1n) is 11.5. The maximum absolute atomic E-state index is 13.0. The molecular formula is C25H31NO8. The standard InChI is InChI=1S/C25H31NO8/c1-23(9-8-19(30)26-20-16(28)5-4-15(21(20)31)22(32)34-2)17-6-3-14-11-24(17,10-7-18(23)29)12-25(14,33)13-27/h4-5,7,10,14,17,27-28,31,33H,3,6,8-9,11-13H2,1-2H3,(H,26,30)/t14?,17?,23-,24-,25+/m0/s1. The predicted octanol–water partition coefficient (Wildman–Crippen LogP) is 2.28. The van der Waals surface area contributed by atoms with Crippen LogP contribution in [-0.4, -0.2) is 57.4 Å². The van der Waals surface area contributed by atoms with Gasteiger partial charge in [-0.05, 0) is 67.6 Å². The van der Waals surface area contributed by atoms with Crippen LogP contribution in [0.3, 0.4) is 0 Å². The number of benzene rings is 1. The Balaban J connectivity index is 1.52. The first-order valence-corrected chi connectivity index (χ1v) is 11.5. The molecule has 3 aliphatic rings. The van der Waals surface area contributed by atoms with E-state index >= 15 is 0 Å². The number of carbonyl (C=O) groups excluding carboxylic acids is 3. The van der Waals surface area contributed by atoms with Crippen LogP contribution in [0.1, 0.15) is 55.8 Å². The summed E-state index contributed by atoms with van der Waals surface area (Å²) in [5.74, 6) is -2.54. The van der Waals surface area contributed by atoms with Crippen LogP contribution >= 0.6 is 0 Å². The number of methoxy groups -OCH3 is 1. The van der Waals surface area contributed by atoms with Crippen LogP contribution in [0, 0.1) is 22.7 Å². The molecule has 3 aliphatic carbocycles. The summed E-state index contributed by atoms with van der Waals surface area (Å²) in [6.07, 6.45) is 6.13. The van der Waals surface area contributed by atoms with Crippen LogP contribution < -0.4 is 5.32 Å². The molecule has 5 N–H and O–H groups in total. The van der Waals surface area contributed by atoms with Crippen molar-refractivity contribution in [2.24, 2.45) is 22.7 Å². The number of ether oxygens (including phenoxy) is 1. The van der Waals surface area contributed by atoms with E-state index in [2.05, 4.69) is 10.1 Å². The molecule has 2 saturated carbocycles. The highest BCUT2D eigenvalue weighted by Gasteiger charge is 2.63. The highest BCUT2D eigenvalue weighted by molar-refractivity contribution is 6.01. The monoisotopic (exact) mass is 473 g/mol. The molecule has 1 amide bonds. The number of rotatable bonds is 6. The number of aromatic hydroxyl groups is 2. The molecule has 4 rings (SSSR count). The van der Waals surface area contributed by atoms with Crippen molar-refractivity contribution in [3.63, 3.8) is 0 Å². The van der Waals surface area contributed by atoms with Gasteiger partial charge < -0.3 is 30.5 Å². The average molecular weight is 474 g/mol. The van der Waals surface area contributed by atoms with E-state index in [-0.39, 0.29) is 48.3 Å².